The lowest BCUT2D eigenvalue weighted by Gasteiger charge is -2.33. The van der Waals surface area contributed by atoms with Crippen LogP contribution in [0, 0.1) is 0 Å². The first kappa shape index (κ1) is 16.5. The van der Waals surface area contributed by atoms with Crippen LogP contribution in [-0.2, 0) is 4.74 Å². The van der Waals surface area contributed by atoms with Crippen molar-refractivity contribution in [3.63, 3.8) is 0 Å². The molecule has 0 radical (unpaired) electrons. The molecule has 0 spiro atoms. The molecule has 2 aromatic rings. The van der Waals surface area contributed by atoms with Gasteiger partial charge in [0.05, 0.1) is 19.1 Å². The Morgan fingerprint density at radius 2 is 2.12 bits per heavy atom. The van der Waals surface area contributed by atoms with E-state index in [4.69, 9.17) is 4.74 Å². The lowest BCUT2D eigenvalue weighted by Crippen LogP contribution is -2.47. The van der Waals surface area contributed by atoms with Crippen LogP contribution < -0.4 is 0 Å². The molecule has 1 atom stereocenters. The van der Waals surface area contributed by atoms with Gasteiger partial charge in [0.2, 0.25) is 0 Å². The molecular weight excluding hydrogens is 325 g/mol. The molecule has 1 aromatic heterocycles. The van der Waals surface area contributed by atoms with E-state index < -0.39 is 24.6 Å². The predicted molar refractivity (Wildman–Crippen MR) is 79.7 cm³/mol. The molecule has 128 valence electrons. The summed E-state index contributed by atoms with van der Waals surface area (Å²) < 4.78 is 42.6. The van der Waals surface area contributed by atoms with E-state index in [9.17, 15) is 23.1 Å². The van der Waals surface area contributed by atoms with Gasteiger partial charge >= 0.3 is 6.18 Å². The highest BCUT2D eigenvalue weighted by molar-refractivity contribution is 6.01. The number of benzene rings is 1. The molecule has 2 heterocycles. The zero-order chi connectivity index (χ0) is 17.3. The van der Waals surface area contributed by atoms with Crippen molar-refractivity contribution in [3.8, 4) is 5.75 Å². The standard InChI is InChI=1S/C16H15F3N2O3/c17-16(18,19)7-11-9-21(5-6-24-11)15(23)13-14(22)12-4-2-1-3-10(12)8-20-13/h1-4,8,11,22H,5-7,9H2. The van der Waals surface area contributed by atoms with E-state index in [1.165, 1.54) is 11.1 Å². The number of hydrogen-bond acceptors (Lipinski definition) is 4. The van der Waals surface area contributed by atoms with Gasteiger partial charge in [-0.15, -0.1) is 0 Å². The Morgan fingerprint density at radius 1 is 1.38 bits per heavy atom. The van der Waals surface area contributed by atoms with Gasteiger partial charge in [-0.2, -0.15) is 13.2 Å². The molecule has 5 nitrogen and oxygen atoms in total. The van der Waals surface area contributed by atoms with Gasteiger partial charge in [-0.3, -0.25) is 4.79 Å². The van der Waals surface area contributed by atoms with Gasteiger partial charge in [-0.25, -0.2) is 4.98 Å². The monoisotopic (exact) mass is 340 g/mol. The molecule has 1 N–H and O–H groups in total. The molecule has 3 rings (SSSR count). The van der Waals surface area contributed by atoms with Crippen LogP contribution in [0.15, 0.2) is 30.5 Å². The maximum Gasteiger partial charge on any atom is 0.391 e. The summed E-state index contributed by atoms with van der Waals surface area (Å²) in [5.74, 6) is -0.870. The molecule has 0 saturated carbocycles. The van der Waals surface area contributed by atoms with Crippen LogP contribution in [0.5, 0.6) is 5.75 Å². The van der Waals surface area contributed by atoms with Gasteiger partial charge in [-0.05, 0) is 0 Å². The minimum absolute atomic E-state index is 0.0147. The molecule has 1 saturated heterocycles. The van der Waals surface area contributed by atoms with Crippen molar-refractivity contribution in [1.82, 2.24) is 9.88 Å². The van der Waals surface area contributed by atoms with Crippen molar-refractivity contribution in [2.24, 2.45) is 0 Å². The van der Waals surface area contributed by atoms with E-state index in [0.717, 1.165) is 0 Å². The van der Waals surface area contributed by atoms with E-state index in [-0.39, 0.29) is 31.1 Å². The number of rotatable bonds is 2. The molecular formula is C16H15F3N2O3. The van der Waals surface area contributed by atoms with Gasteiger partial charge in [0, 0.05) is 30.1 Å². The third-order valence-corrected chi connectivity index (χ3v) is 3.86. The number of hydrogen-bond donors (Lipinski definition) is 1. The van der Waals surface area contributed by atoms with Crippen LogP contribution in [0.4, 0.5) is 13.2 Å². The van der Waals surface area contributed by atoms with Gasteiger partial charge in [0.15, 0.2) is 11.4 Å². The van der Waals surface area contributed by atoms with Gasteiger partial charge in [-0.1, -0.05) is 24.3 Å². The molecule has 1 fully saturated rings. The fourth-order valence-corrected chi connectivity index (χ4v) is 2.74. The smallest absolute Gasteiger partial charge is 0.391 e. The molecule has 1 aliphatic heterocycles. The SMILES string of the molecule is O=C(c1ncc2ccccc2c1O)N1CCOC(CC(F)(F)F)C1. The third kappa shape index (κ3) is 3.43. The second-order valence-electron chi connectivity index (χ2n) is 5.61. The normalized spacial score (nSPS) is 18.8. The Hall–Kier alpha value is -2.35. The fraction of sp³-hybridized carbons (Fsp3) is 0.375. The number of fused-ring (bicyclic) bond motifs is 1. The number of amides is 1. The first-order chi connectivity index (χ1) is 11.3. The molecule has 1 aliphatic rings. The van der Waals surface area contributed by atoms with E-state index in [1.807, 2.05) is 0 Å². The van der Waals surface area contributed by atoms with E-state index >= 15 is 0 Å². The number of ether oxygens (including phenoxy) is 1. The summed E-state index contributed by atoms with van der Waals surface area (Å²) in [5, 5.41) is 11.4. The topological polar surface area (TPSA) is 62.7 Å². The summed E-state index contributed by atoms with van der Waals surface area (Å²) in [6, 6.07) is 6.87. The predicted octanol–water partition coefficient (Wildman–Crippen LogP) is 2.73. The highest BCUT2D eigenvalue weighted by atomic mass is 19.4. The number of aromatic nitrogens is 1. The lowest BCUT2D eigenvalue weighted by molar-refractivity contribution is -0.168. The van der Waals surface area contributed by atoms with Crippen LogP contribution in [0.3, 0.4) is 0 Å². The quantitative estimate of drug-likeness (QED) is 0.913. The van der Waals surface area contributed by atoms with Crippen molar-refractivity contribution in [2.75, 3.05) is 19.7 Å². The molecule has 1 unspecified atom stereocenters. The summed E-state index contributed by atoms with van der Waals surface area (Å²) in [6.07, 6.45) is -5.13. The average molecular weight is 340 g/mol. The maximum atomic E-state index is 12.5. The molecule has 24 heavy (non-hydrogen) atoms. The number of nitrogens with zero attached hydrogens (tertiary/aromatic N) is 2. The molecule has 8 heteroatoms. The Labute approximate surface area is 135 Å². The van der Waals surface area contributed by atoms with Gasteiger partial charge in [0.25, 0.3) is 5.91 Å². The van der Waals surface area contributed by atoms with Crippen molar-refractivity contribution in [1.29, 1.82) is 0 Å². The van der Waals surface area contributed by atoms with Crippen molar-refractivity contribution >= 4 is 16.7 Å². The van der Waals surface area contributed by atoms with Crippen molar-refractivity contribution < 1.29 is 27.8 Å². The zero-order valence-electron chi connectivity index (χ0n) is 12.6. The number of carbonyl (C=O) groups excluding carboxylic acids is 1. The van der Waals surface area contributed by atoms with Crippen LogP contribution in [-0.4, -0.2) is 52.9 Å². The average Bonchev–Trinajstić information content (AvgIpc) is 2.53. The molecule has 1 aromatic carbocycles. The maximum absolute atomic E-state index is 12.5. The number of aromatic hydroxyl groups is 1. The Morgan fingerprint density at radius 3 is 2.88 bits per heavy atom. The van der Waals surface area contributed by atoms with Crippen LogP contribution in [0.25, 0.3) is 10.8 Å². The lowest BCUT2D eigenvalue weighted by atomic mass is 10.1. The van der Waals surface area contributed by atoms with Crippen molar-refractivity contribution in [2.45, 2.75) is 18.7 Å². The largest absolute Gasteiger partial charge is 0.505 e. The van der Waals surface area contributed by atoms with Crippen molar-refractivity contribution in [3.05, 3.63) is 36.2 Å². The minimum atomic E-state index is -4.36. The Bertz CT molecular complexity index is 764. The fourth-order valence-electron chi connectivity index (χ4n) is 2.74. The number of alkyl halides is 3. The first-order valence-corrected chi connectivity index (χ1v) is 7.39. The van der Waals surface area contributed by atoms with Crippen LogP contribution >= 0.6 is 0 Å². The highest BCUT2D eigenvalue weighted by Crippen LogP contribution is 2.29. The van der Waals surface area contributed by atoms with Crippen LogP contribution in [0.2, 0.25) is 0 Å². The Balaban J connectivity index is 1.82. The van der Waals surface area contributed by atoms with E-state index in [0.29, 0.717) is 10.8 Å². The summed E-state index contributed by atoms with van der Waals surface area (Å²) >= 11 is 0. The summed E-state index contributed by atoms with van der Waals surface area (Å²) in [6.45, 7) is -0.0196. The second-order valence-corrected chi connectivity index (χ2v) is 5.61. The number of morpholine rings is 1. The van der Waals surface area contributed by atoms with Gasteiger partial charge < -0.3 is 14.7 Å². The summed E-state index contributed by atoms with van der Waals surface area (Å²) in [7, 11) is 0. The van der Waals surface area contributed by atoms with Crippen LogP contribution in [0.1, 0.15) is 16.9 Å². The third-order valence-electron chi connectivity index (χ3n) is 3.86. The summed E-state index contributed by atoms with van der Waals surface area (Å²) in [4.78, 5) is 17.8. The number of pyridine rings is 1. The second kappa shape index (κ2) is 6.27. The number of halogens is 3. The zero-order valence-corrected chi connectivity index (χ0v) is 12.6. The molecule has 0 aliphatic carbocycles. The first-order valence-electron chi connectivity index (χ1n) is 7.39. The van der Waals surface area contributed by atoms with Gasteiger partial charge in [0.1, 0.15) is 0 Å². The number of carbonyl (C=O) groups is 1. The summed E-state index contributed by atoms with van der Waals surface area (Å²) in [5.41, 5.74) is -0.165. The highest BCUT2D eigenvalue weighted by Gasteiger charge is 2.36. The van der Waals surface area contributed by atoms with E-state index in [2.05, 4.69) is 4.98 Å². The Kier molecular flexibility index (Phi) is 4.31. The van der Waals surface area contributed by atoms with E-state index in [1.54, 1.807) is 24.3 Å². The molecule has 0 bridgehead atoms. The minimum Gasteiger partial charge on any atom is -0.505 e. The molecule has 1 amide bonds.